The predicted molar refractivity (Wildman–Crippen MR) is 78.6 cm³/mol. The number of rotatable bonds is 6. The van der Waals surface area contributed by atoms with E-state index in [4.69, 9.17) is 0 Å². The fourth-order valence-electron chi connectivity index (χ4n) is 2.52. The Hall–Kier alpha value is -2.10. The summed E-state index contributed by atoms with van der Waals surface area (Å²) in [7, 11) is 0. The molecule has 0 heterocycles. The summed E-state index contributed by atoms with van der Waals surface area (Å²) in [5.74, 6) is 0.737. The molecule has 1 aliphatic rings. The van der Waals surface area contributed by atoms with E-state index in [9.17, 15) is 8.78 Å². The van der Waals surface area contributed by atoms with Gasteiger partial charge in [-0.05, 0) is 36.5 Å². The van der Waals surface area contributed by atoms with Gasteiger partial charge >= 0.3 is 6.61 Å². The van der Waals surface area contributed by atoms with Crippen molar-refractivity contribution in [2.24, 2.45) is 5.92 Å². The normalized spacial score (nSPS) is 15.8. The number of para-hydroxylation sites is 2. The number of hydrogen-bond donors (Lipinski definition) is 1. The Kier molecular flexibility index (Phi) is 4.04. The molecule has 1 fully saturated rings. The van der Waals surface area contributed by atoms with Crippen molar-refractivity contribution in [2.75, 3.05) is 5.32 Å². The molecular formula is C17H17F2NO. The van der Waals surface area contributed by atoms with Gasteiger partial charge in [0.1, 0.15) is 5.75 Å². The largest absolute Gasteiger partial charge is 0.433 e. The van der Waals surface area contributed by atoms with Crippen LogP contribution in [0.5, 0.6) is 5.75 Å². The monoisotopic (exact) mass is 289 g/mol. The first-order chi connectivity index (χ1) is 10.2. The van der Waals surface area contributed by atoms with Crippen LogP contribution in [0.3, 0.4) is 0 Å². The highest BCUT2D eigenvalue weighted by Crippen LogP contribution is 2.44. The molecular weight excluding hydrogens is 272 g/mol. The minimum absolute atomic E-state index is 0.133. The van der Waals surface area contributed by atoms with Crippen LogP contribution in [0.15, 0.2) is 54.6 Å². The number of nitrogens with one attached hydrogen (secondary N) is 1. The summed E-state index contributed by atoms with van der Waals surface area (Å²) in [6, 6.07) is 17.1. The molecule has 0 bridgehead atoms. The average Bonchev–Trinajstić information content (AvgIpc) is 3.31. The molecule has 1 unspecified atom stereocenters. The van der Waals surface area contributed by atoms with E-state index >= 15 is 0 Å². The molecule has 1 aliphatic carbocycles. The van der Waals surface area contributed by atoms with Gasteiger partial charge in [0.25, 0.3) is 0 Å². The summed E-state index contributed by atoms with van der Waals surface area (Å²) in [5, 5.41) is 3.37. The van der Waals surface area contributed by atoms with E-state index < -0.39 is 6.61 Å². The highest BCUT2D eigenvalue weighted by atomic mass is 19.3. The fourth-order valence-corrected chi connectivity index (χ4v) is 2.52. The maximum Gasteiger partial charge on any atom is 0.387 e. The first-order valence-electron chi connectivity index (χ1n) is 7.09. The average molecular weight is 289 g/mol. The number of benzene rings is 2. The molecule has 110 valence electrons. The predicted octanol–water partition coefficient (Wildman–Crippen LogP) is 4.85. The van der Waals surface area contributed by atoms with Crippen molar-refractivity contribution >= 4 is 5.69 Å². The van der Waals surface area contributed by atoms with Gasteiger partial charge in [0, 0.05) is 0 Å². The second-order valence-electron chi connectivity index (χ2n) is 5.24. The highest BCUT2D eigenvalue weighted by molar-refractivity contribution is 5.57. The molecule has 0 radical (unpaired) electrons. The number of hydrogen-bond acceptors (Lipinski definition) is 2. The van der Waals surface area contributed by atoms with Crippen LogP contribution in [0, 0.1) is 5.92 Å². The van der Waals surface area contributed by atoms with Crippen LogP contribution < -0.4 is 10.1 Å². The van der Waals surface area contributed by atoms with Crippen molar-refractivity contribution in [1.82, 2.24) is 0 Å². The molecule has 1 saturated carbocycles. The van der Waals surface area contributed by atoms with Crippen molar-refractivity contribution in [3.8, 4) is 5.75 Å². The van der Waals surface area contributed by atoms with Gasteiger partial charge in [0.2, 0.25) is 0 Å². The van der Waals surface area contributed by atoms with Crippen molar-refractivity contribution in [3.05, 3.63) is 60.2 Å². The SMILES string of the molecule is FC(F)Oc1ccccc1NC(c1ccccc1)C1CC1. The second kappa shape index (κ2) is 6.12. The van der Waals surface area contributed by atoms with Crippen LogP contribution in [-0.4, -0.2) is 6.61 Å². The summed E-state index contributed by atoms with van der Waals surface area (Å²) in [6.07, 6.45) is 2.31. The number of alkyl halides is 2. The zero-order chi connectivity index (χ0) is 14.7. The molecule has 1 atom stereocenters. The van der Waals surface area contributed by atoms with Crippen LogP contribution in [0.1, 0.15) is 24.4 Å². The fraction of sp³-hybridized carbons (Fsp3) is 0.294. The lowest BCUT2D eigenvalue weighted by Crippen LogP contribution is -2.14. The highest BCUT2D eigenvalue weighted by Gasteiger charge is 2.32. The molecule has 4 heteroatoms. The lowest BCUT2D eigenvalue weighted by Gasteiger charge is -2.22. The molecule has 0 aliphatic heterocycles. The summed E-state index contributed by atoms with van der Waals surface area (Å²) in [4.78, 5) is 0. The number of halogens is 2. The summed E-state index contributed by atoms with van der Waals surface area (Å²) >= 11 is 0. The third kappa shape index (κ3) is 3.51. The zero-order valence-electron chi connectivity index (χ0n) is 11.5. The summed E-state index contributed by atoms with van der Waals surface area (Å²) in [5.41, 5.74) is 1.78. The van der Waals surface area contributed by atoms with E-state index in [-0.39, 0.29) is 11.8 Å². The third-order valence-electron chi connectivity index (χ3n) is 3.67. The van der Waals surface area contributed by atoms with Crippen LogP contribution in [-0.2, 0) is 0 Å². The lowest BCUT2D eigenvalue weighted by molar-refractivity contribution is -0.0493. The molecule has 3 rings (SSSR count). The van der Waals surface area contributed by atoms with Gasteiger partial charge in [-0.25, -0.2) is 0 Å². The molecule has 0 saturated heterocycles. The lowest BCUT2D eigenvalue weighted by atomic mass is 10.0. The van der Waals surface area contributed by atoms with Crippen LogP contribution >= 0.6 is 0 Å². The Morgan fingerprint density at radius 1 is 0.952 bits per heavy atom. The Balaban J connectivity index is 1.84. The molecule has 0 spiro atoms. The van der Waals surface area contributed by atoms with Crippen LogP contribution in [0.4, 0.5) is 14.5 Å². The third-order valence-corrected chi connectivity index (χ3v) is 3.67. The minimum Gasteiger partial charge on any atom is -0.433 e. The van der Waals surface area contributed by atoms with Gasteiger partial charge in [0.15, 0.2) is 0 Å². The first-order valence-corrected chi connectivity index (χ1v) is 7.09. The van der Waals surface area contributed by atoms with E-state index in [0.717, 1.165) is 12.8 Å². The van der Waals surface area contributed by atoms with Crippen LogP contribution in [0.25, 0.3) is 0 Å². The number of ether oxygens (including phenoxy) is 1. The maximum absolute atomic E-state index is 12.5. The molecule has 2 aromatic rings. The van der Waals surface area contributed by atoms with Crippen molar-refractivity contribution in [3.63, 3.8) is 0 Å². The quantitative estimate of drug-likeness (QED) is 0.820. The van der Waals surface area contributed by atoms with Crippen LogP contribution in [0.2, 0.25) is 0 Å². The van der Waals surface area contributed by atoms with Gasteiger partial charge in [-0.1, -0.05) is 42.5 Å². The van der Waals surface area contributed by atoms with Crippen molar-refractivity contribution in [2.45, 2.75) is 25.5 Å². The Labute approximate surface area is 122 Å². The Bertz CT molecular complexity index is 584. The summed E-state index contributed by atoms with van der Waals surface area (Å²) in [6.45, 7) is -2.82. The maximum atomic E-state index is 12.5. The van der Waals surface area contributed by atoms with Gasteiger partial charge in [0.05, 0.1) is 11.7 Å². The molecule has 0 amide bonds. The Morgan fingerprint density at radius 2 is 1.62 bits per heavy atom. The van der Waals surface area contributed by atoms with Gasteiger partial charge in [-0.15, -0.1) is 0 Å². The second-order valence-corrected chi connectivity index (χ2v) is 5.24. The molecule has 2 aromatic carbocycles. The smallest absolute Gasteiger partial charge is 0.387 e. The van der Waals surface area contributed by atoms with Gasteiger partial charge in [-0.3, -0.25) is 0 Å². The Morgan fingerprint density at radius 3 is 2.29 bits per heavy atom. The minimum atomic E-state index is -2.82. The van der Waals surface area contributed by atoms with Crippen molar-refractivity contribution < 1.29 is 13.5 Å². The van der Waals surface area contributed by atoms with E-state index in [1.165, 1.54) is 5.56 Å². The topological polar surface area (TPSA) is 21.3 Å². The summed E-state index contributed by atoms with van der Waals surface area (Å²) < 4.78 is 29.6. The number of anilines is 1. The molecule has 0 aromatic heterocycles. The molecule has 21 heavy (non-hydrogen) atoms. The molecule has 1 N–H and O–H groups in total. The zero-order valence-corrected chi connectivity index (χ0v) is 11.5. The van der Waals surface area contributed by atoms with E-state index in [0.29, 0.717) is 11.6 Å². The van der Waals surface area contributed by atoms with E-state index in [1.807, 2.05) is 24.3 Å². The van der Waals surface area contributed by atoms with E-state index in [1.54, 1.807) is 18.2 Å². The van der Waals surface area contributed by atoms with Gasteiger partial charge < -0.3 is 10.1 Å². The van der Waals surface area contributed by atoms with E-state index in [2.05, 4.69) is 22.2 Å². The molecule has 2 nitrogen and oxygen atoms in total. The first kappa shape index (κ1) is 13.9. The standard InChI is InChI=1S/C17H17F2NO/c18-17(19)21-15-9-5-4-8-14(15)20-16(13-10-11-13)12-6-2-1-3-7-12/h1-9,13,16-17,20H,10-11H2. The van der Waals surface area contributed by atoms with Crippen molar-refractivity contribution in [1.29, 1.82) is 0 Å². The van der Waals surface area contributed by atoms with Gasteiger partial charge in [-0.2, -0.15) is 8.78 Å².